The number of anilines is 1. The van der Waals surface area contributed by atoms with Crippen molar-refractivity contribution in [1.29, 1.82) is 0 Å². The number of sulfonamides is 1. The fourth-order valence-corrected chi connectivity index (χ4v) is 7.37. The molecular formula is C37H35F8N3O6S. The number of aliphatic hydroxyl groups is 2. The number of halogens is 8. The van der Waals surface area contributed by atoms with Crippen LogP contribution in [0.1, 0.15) is 79.2 Å². The third-order valence-electron chi connectivity index (χ3n) is 9.00. The van der Waals surface area contributed by atoms with Gasteiger partial charge in [0.2, 0.25) is 21.7 Å². The van der Waals surface area contributed by atoms with E-state index in [4.69, 9.17) is 4.74 Å². The van der Waals surface area contributed by atoms with Crippen molar-refractivity contribution in [2.24, 2.45) is 0 Å². The monoisotopic (exact) mass is 801 g/mol. The van der Waals surface area contributed by atoms with Gasteiger partial charge in [-0.05, 0) is 64.6 Å². The zero-order chi connectivity index (χ0) is 40.8. The Labute approximate surface area is 310 Å². The lowest BCUT2D eigenvalue weighted by Gasteiger charge is -2.30. The van der Waals surface area contributed by atoms with E-state index in [1.165, 1.54) is 19.2 Å². The molecule has 3 aromatic carbocycles. The van der Waals surface area contributed by atoms with Crippen molar-refractivity contribution < 1.29 is 63.3 Å². The number of aromatic nitrogens is 1. The van der Waals surface area contributed by atoms with E-state index in [0.29, 0.717) is 17.8 Å². The molecule has 9 nitrogen and oxygen atoms in total. The average molecular weight is 802 g/mol. The minimum absolute atomic E-state index is 0.0921. The predicted octanol–water partition coefficient (Wildman–Crippen LogP) is 7.39. The van der Waals surface area contributed by atoms with E-state index in [-0.39, 0.29) is 33.8 Å². The van der Waals surface area contributed by atoms with Crippen molar-refractivity contribution in [3.63, 3.8) is 0 Å². The molecule has 4 aromatic rings. The summed E-state index contributed by atoms with van der Waals surface area (Å²) in [5.74, 6) is -14.8. The Balaban J connectivity index is 1.70. The lowest BCUT2D eigenvalue weighted by Crippen LogP contribution is -2.43. The Morgan fingerprint density at radius 3 is 2.07 bits per heavy atom. The Kier molecular flexibility index (Phi) is 11.7. The summed E-state index contributed by atoms with van der Waals surface area (Å²) in [4.78, 5) is 16.6. The number of carbonyl (C=O) groups is 1. The van der Waals surface area contributed by atoms with Gasteiger partial charge < -0.3 is 19.8 Å². The molecule has 0 aliphatic heterocycles. The first-order valence-electron chi connectivity index (χ1n) is 16.6. The molecule has 1 saturated carbocycles. The van der Waals surface area contributed by atoms with Crippen LogP contribution in [0, 0.1) is 29.1 Å². The molecule has 1 fully saturated rings. The van der Waals surface area contributed by atoms with Gasteiger partial charge in [-0.3, -0.25) is 9.78 Å². The second-order valence-corrected chi connectivity index (χ2v) is 15.8. The van der Waals surface area contributed by atoms with Gasteiger partial charge in [0, 0.05) is 24.5 Å². The standard InChI is InChI=1S/C37H35F8N3O6S/c1-36(2,3)24-12-19(11-22(13-24)20-5-6-20)16-48(26-8-7-21(35(50)51)14-27(26)54-4)28(49)18-47(17-23-15-46-10-9-25(23)37(43,44)45)55(52,53)34-32(41)30(39)29(38)31(40)33(34)42/h7-15,20,35,50-51H,5-6,16-18H2,1-4H3. The number of ether oxygens (including phenoxy) is 1. The number of amides is 1. The van der Waals surface area contributed by atoms with Gasteiger partial charge in [-0.2, -0.15) is 17.5 Å². The van der Waals surface area contributed by atoms with Gasteiger partial charge in [0.05, 0.1) is 31.5 Å². The van der Waals surface area contributed by atoms with Gasteiger partial charge >= 0.3 is 6.18 Å². The van der Waals surface area contributed by atoms with E-state index in [1.807, 2.05) is 26.8 Å². The van der Waals surface area contributed by atoms with Crippen LogP contribution in [0.15, 0.2) is 59.8 Å². The summed E-state index contributed by atoms with van der Waals surface area (Å²) >= 11 is 0. The molecule has 0 atom stereocenters. The number of nitrogens with zero attached hydrogens (tertiary/aromatic N) is 3. The molecular weight excluding hydrogens is 766 g/mol. The van der Waals surface area contributed by atoms with Crippen LogP contribution >= 0.6 is 0 Å². The molecule has 18 heteroatoms. The number of rotatable bonds is 12. The highest BCUT2D eigenvalue weighted by atomic mass is 32.2. The average Bonchev–Trinajstić information content (AvgIpc) is 3.97. The van der Waals surface area contributed by atoms with Crippen LogP contribution < -0.4 is 9.64 Å². The number of aliphatic hydroxyl groups excluding tert-OH is 1. The van der Waals surface area contributed by atoms with Crippen LogP contribution in [-0.4, -0.2) is 47.5 Å². The van der Waals surface area contributed by atoms with Gasteiger partial charge in [-0.1, -0.05) is 45.0 Å². The van der Waals surface area contributed by atoms with Gasteiger partial charge in [-0.25, -0.2) is 30.4 Å². The number of hydrogen-bond donors (Lipinski definition) is 2. The van der Waals surface area contributed by atoms with E-state index < -0.39 is 92.0 Å². The summed E-state index contributed by atoms with van der Waals surface area (Å²) in [5, 5.41) is 19.5. The van der Waals surface area contributed by atoms with Crippen LogP contribution in [0.2, 0.25) is 0 Å². The van der Waals surface area contributed by atoms with Crippen molar-refractivity contribution in [1.82, 2.24) is 9.29 Å². The van der Waals surface area contributed by atoms with E-state index in [1.54, 1.807) is 12.1 Å². The van der Waals surface area contributed by atoms with Crippen molar-refractivity contribution in [3.8, 4) is 5.75 Å². The highest BCUT2D eigenvalue weighted by Crippen LogP contribution is 2.43. The van der Waals surface area contributed by atoms with Gasteiger partial charge in [0.1, 0.15) is 5.75 Å². The third kappa shape index (κ3) is 8.77. The van der Waals surface area contributed by atoms with E-state index in [2.05, 4.69) is 4.98 Å². The minimum Gasteiger partial charge on any atom is -0.495 e. The van der Waals surface area contributed by atoms with Crippen LogP contribution in [0.3, 0.4) is 0 Å². The van der Waals surface area contributed by atoms with E-state index in [9.17, 15) is 49.8 Å². The molecule has 0 spiro atoms. The first kappa shape index (κ1) is 41.5. The minimum atomic E-state index is -6.04. The normalized spacial score (nSPS) is 13.8. The highest BCUT2D eigenvalue weighted by molar-refractivity contribution is 7.89. The van der Waals surface area contributed by atoms with Crippen LogP contribution in [0.25, 0.3) is 0 Å². The molecule has 0 bridgehead atoms. The Morgan fingerprint density at radius 1 is 0.909 bits per heavy atom. The summed E-state index contributed by atoms with van der Waals surface area (Å²) in [6, 6.07) is 9.62. The number of benzene rings is 3. The molecule has 0 saturated heterocycles. The first-order valence-corrected chi connectivity index (χ1v) is 18.0. The summed E-state index contributed by atoms with van der Waals surface area (Å²) in [6.07, 6.45) is -4.05. The smallest absolute Gasteiger partial charge is 0.416 e. The largest absolute Gasteiger partial charge is 0.495 e. The van der Waals surface area contributed by atoms with Crippen LogP contribution in [-0.2, 0) is 39.5 Å². The number of methoxy groups -OCH3 is 1. The summed E-state index contributed by atoms with van der Waals surface area (Å²) in [5.41, 5.74) is -0.698. The lowest BCUT2D eigenvalue weighted by molar-refractivity contribution is -0.138. The molecule has 1 aromatic heterocycles. The van der Waals surface area contributed by atoms with Crippen molar-refractivity contribution in [2.45, 2.75) is 75.4 Å². The fourth-order valence-electron chi connectivity index (χ4n) is 5.89. The van der Waals surface area contributed by atoms with Crippen LogP contribution in [0.5, 0.6) is 5.75 Å². The van der Waals surface area contributed by atoms with Gasteiger partial charge in [-0.15, -0.1) is 0 Å². The lowest BCUT2D eigenvalue weighted by atomic mass is 9.84. The quantitative estimate of drug-likeness (QED) is 0.0664. The number of carbonyl (C=O) groups excluding carboxylic acids is 1. The molecule has 2 N–H and O–H groups in total. The molecule has 1 aliphatic rings. The maximum Gasteiger partial charge on any atom is 0.416 e. The molecule has 296 valence electrons. The predicted molar refractivity (Wildman–Crippen MR) is 182 cm³/mol. The molecule has 55 heavy (non-hydrogen) atoms. The molecule has 1 heterocycles. The van der Waals surface area contributed by atoms with E-state index in [0.717, 1.165) is 41.1 Å². The second kappa shape index (κ2) is 15.5. The maximum atomic E-state index is 15.1. The second-order valence-electron chi connectivity index (χ2n) is 14.0. The molecule has 1 aliphatic carbocycles. The summed E-state index contributed by atoms with van der Waals surface area (Å²) in [7, 11) is -4.87. The van der Waals surface area contributed by atoms with Crippen molar-refractivity contribution >= 4 is 21.6 Å². The SMILES string of the molecule is COc1cc(C(O)O)ccc1N(Cc1cc(C2CC2)cc(C(C)(C)C)c1)C(=O)CN(Cc1cnccc1C(F)(F)F)S(=O)(=O)c1c(F)c(F)c(F)c(F)c1F. The molecule has 0 unspecified atom stereocenters. The topological polar surface area (TPSA) is 120 Å². The van der Waals surface area contributed by atoms with Gasteiger partial charge in [0.25, 0.3) is 0 Å². The molecule has 5 rings (SSSR count). The fraction of sp³-hybridized carbons (Fsp3) is 0.351. The van der Waals surface area contributed by atoms with Crippen molar-refractivity contribution in [3.05, 3.63) is 117 Å². The van der Waals surface area contributed by atoms with Crippen LogP contribution in [0.4, 0.5) is 40.8 Å². The molecule has 1 amide bonds. The number of alkyl halides is 3. The third-order valence-corrected chi connectivity index (χ3v) is 10.8. The van der Waals surface area contributed by atoms with Gasteiger partial charge in [0.15, 0.2) is 34.5 Å². The van der Waals surface area contributed by atoms with E-state index >= 15 is 8.78 Å². The Bertz CT molecular complexity index is 2190. The summed E-state index contributed by atoms with van der Waals surface area (Å²) in [6.45, 7) is 2.49. The Hall–Kier alpha value is -4.65. The maximum absolute atomic E-state index is 15.1. The van der Waals surface area contributed by atoms with Crippen molar-refractivity contribution in [2.75, 3.05) is 18.6 Å². The number of hydrogen-bond acceptors (Lipinski definition) is 7. The molecule has 0 radical (unpaired) electrons. The first-order chi connectivity index (χ1) is 25.6. The zero-order valence-electron chi connectivity index (χ0n) is 29.7. The zero-order valence-corrected chi connectivity index (χ0v) is 30.5. The highest BCUT2D eigenvalue weighted by Gasteiger charge is 2.41. The Morgan fingerprint density at radius 2 is 1.53 bits per heavy atom. The summed E-state index contributed by atoms with van der Waals surface area (Å²) < 4.78 is 148. The number of pyridine rings is 1.